The second kappa shape index (κ2) is 5.83. The van der Waals surface area contributed by atoms with E-state index in [4.69, 9.17) is 16.6 Å². The minimum absolute atomic E-state index is 0.0600. The fourth-order valence-electron chi connectivity index (χ4n) is 3.12. The molecular formula is C17H16N4O2S. The average molecular weight is 340 g/mol. The molecule has 122 valence electrons. The van der Waals surface area contributed by atoms with Gasteiger partial charge in [-0.05, 0) is 56.6 Å². The van der Waals surface area contributed by atoms with E-state index in [1.165, 1.54) is 0 Å². The van der Waals surface area contributed by atoms with E-state index < -0.39 is 0 Å². The van der Waals surface area contributed by atoms with Crippen molar-refractivity contribution in [1.29, 1.82) is 0 Å². The van der Waals surface area contributed by atoms with Crippen molar-refractivity contribution in [3.8, 4) is 0 Å². The zero-order valence-corrected chi connectivity index (χ0v) is 13.9. The van der Waals surface area contributed by atoms with Crippen LogP contribution in [0.25, 0.3) is 11.1 Å². The van der Waals surface area contributed by atoms with Gasteiger partial charge in [-0.25, -0.2) is 9.97 Å². The number of aryl methyl sites for hydroxylation is 2. The van der Waals surface area contributed by atoms with Crippen LogP contribution >= 0.6 is 12.2 Å². The van der Waals surface area contributed by atoms with Crippen LogP contribution < -0.4 is 5.32 Å². The van der Waals surface area contributed by atoms with Crippen molar-refractivity contribution < 1.29 is 9.21 Å². The highest BCUT2D eigenvalue weighted by atomic mass is 32.1. The Bertz CT molecular complexity index is 992. The van der Waals surface area contributed by atoms with Crippen LogP contribution in [0.5, 0.6) is 0 Å². The number of benzene rings is 1. The average Bonchev–Trinajstić information content (AvgIpc) is 2.93. The lowest BCUT2D eigenvalue weighted by Gasteiger charge is -2.25. The van der Waals surface area contributed by atoms with Gasteiger partial charge >= 0.3 is 0 Å². The van der Waals surface area contributed by atoms with E-state index in [1.807, 2.05) is 13.1 Å². The molecule has 1 aliphatic carbocycles. The fourth-order valence-corrected chi connectivity index (χ4v) is 3.32. The molecule has 24 heavy (non-hydrogen) atoms. The fraction of sp³-hybridized carbons (Fsp3) is 0.294. The molecule has 0 spiro atoms. The molecule has 0 saturated carbocycles. The molecule has 3 aromatic rings. The Hall–Kier alpha value is -2.54. The molecule has 0 bridgehead atoms. The van der Waals surface area contributed by atoms with E-state index in [2.05, 4.69) is 20.3 Å². The van der Waals surface area contributed by atoms with Gasteiger partial charge in [-0.15, -0.1) is 0 Å². The summed E-state index contributed by atoms with van der Waals surface area (Å²) in [5.74, 6) is 0.623. The van der Waals surface area contributed by atoms with E-state index in [1.54, 1.807) is 18.2 Å². The summed E-state index contributed by atoms with van der Waals surface area (Å²) in [6.07, 6.45) is 4.65. The smallest absolute Gasteiger partial charge is 0.266 e. The maximum atomic E-state index is 12.6. The van der Waals surface area contributed by atoms with Crippen molar-refractivity contribution in [2.24, 2.45) is 0 Å². The van der Waals surface area contributed by atoms with Crippen LogP contribution in [-0.2, 0) is 6.42 Å². The molecule has 1 aliphatic rings. The summed E-state index contributed by atoms with van der Waals surface area (Å²) in [4.78, 5) is 24.6. The van der Waals surface area contributed by atoms with Gasteiger partial charge in [-0.3, -0.25) is 4.79 Å². The molecule has 7 heteroatoms. The third kappa shape index (κ3) is 2.71. The Balaban J connectivity index is 1.61. The summed E-state index contributed by atoms with van der Waals surface area (Å²) < 4.78 is 5.38. The number of oxazole rings is 1. The molecule has 0 radical (unpaired) electrons. The topological polar surface area (TPSA) is 83.8 Å². The van der Waals surface area contributed by atoms with Crippen LogP contribution in [0.1, 0.15) is 46.3 Å². The molecule has 6 nitrogen and oxygen atoms in total. The van der Waals surface area contributed by atoms with Gasteiger partial charge in [-0.2, -0.15) is 0 Å². The summed E-state index contributed by atoms with van der Waals surface area (Å²) in [5.41, 5.74) is 3.95. The van der Waals surface area contributed by atoms with Crippen molar-refractivity contribution in [3.63, 3.8) is 0 Å². The molecule has 4 rings (SSSR count). The van der Waals surface area contributed by atoms with Gasteiger partial charge in [0.15, 0.2) is 5.58 Å². The lowest BCUT2D eigenvalue weighted by molar-refractivity contribution is 0.0932. The molecular weight excluding hydrogens is 324 g/mol. The van der Waals surface area contributed by atoms with E-state index in [9.17, 15) is 4.79 Å². The molecule has 0 unspecified atom stereocenters. The first-order valence-electron chi connectivity index (χ1n) is 7.86. The quantitative estimate of drug-likeness (QED) is 0.699. The predicted octanol–water partition coefficient (Wildman–Crippen LogP) is 3.40. The standard InChI is InChI=1S/C17H16N4O2S/c1-9-18-8-11-12(19-9)3-2-4-13(11)20-16(22)10-5-6-14-15(7-10)23-17(24)21-14/h5-8,13H,2-4H2,1H3,(H,20,22)(H,21,24)/t13-/m0/s1. The van der Waals surface area contributed by atoms with E-state index in [0.717, 1.165) is 41.9 Å². The summed E-state index contributed by atoms with van der Waals surface area (Å²) in [5, 5.41) is 3.09. The van der Waals surface area contributed by atoms with Crippen molar-refractivity contribution in [2.45, 2.75) is 32.2 Å². The third-order valence-electron chi connectivity index (χ3n) is 4.29. The number of carbonyl (C=O) groups is 1. The Labute approximate surface area is 143 Å². The number of aromatic amines is 1. The van der Waals surface area contributed by atoms with Gasteiger partial charge in [0.1, 0.15) is 5.82 Å². The summed E-state index contributed by atoms with van der Waals surface area (Å²) in [7, 11) is 0. The van der Waals surface area contributed by atoms with Crippen LogP contribution in [0.15, 0.2) is 28.8 Å². The number of fused-ring (bicyclic) bond motifs is 2. The van der Waals surface area contributed by atoms with Crippen LogP contribution in [0.3, 0.4) is 0 Å². The highest BCUT2D eigenvalue weighted by molar-refractivity contribution is 7.71. The number of aromatic nitrogens is 3. The van der Waals surface area contributed by atoms with Gasteiger partial charge in [0.2, 0.25) is 0 Å². The molecule has 0 saturated heterocycles. The summed E-state index contributed by atoms with van der Waals surface area (Å²) in [6.45, 7) is 1.88. The Morgan fingerprint density at radius 3 is 3.21 bits per heavy atom. The molecule has 2 N–H and O–H groups in total. The SMILES string of the molecule is Cc1ncc2c(n1)CCC[C@@H]2NC(=O)c1ccc2[nH]c(=S)oc2c1. The number of hydrogen-bond acceptors (Lipinski definition) is 5. The number of H-pyrrole nitrogens is 1. The van der Waals surface area contributed by atoms with Gasteiger partial charge in [0.05, 0.1) is 11.6 Å². The van der Waals surface area contributed by atoms with Crippen molar-refractivity contribution >= 4 is 29.2 Å². The normalized spacial score (nSPS) is 16.8. The predicted molar refractivity (Wildman–Crippen MR) is 91.3 cm³/mol. The zero-order chi connectivity index (χ0) is 16.7. The first kappa shape index (κ1) is 15.0. The van der Waals surface area contributed by atoms with E-state index in [-0.39, 0.29) is 11.9 Å². The lowest BCUT2D eigenvalue weighted by Crippen LogP contribution is -2.31. The highest BCUT2D eigenvalue weighted by Crippen LogP contribution is 2.28. The molecule has 0 aliphatic heterocycles. The van der Waals surface area contributed by atoms with Crippen LogP contribution in [0.2, 0.25) is 0 Å². The van der Waals surface area contributed by atoms with Gasteiger partial charge in [0.25, 0.3) is 10.7 Å². The zero-order valence-electron chi connectivity index (χ0n) is 13.1. The van der Waals surface area contributed by atoms with E-state index >= 15 is 0 Å². The first-order chi connectivity index (χ1) is 11.6. The maximum absolute atomic E-state index is 12.6. The molecule has 2 heterocycles. The Morgan fingerprint density at radius 2 is 2.33 bits per heavy atom. The molecule has 0 fully saturated rings. The van der Waals surface area contributed by atoms with Crippen LogP contribution in [0.4, 0.5) is 0 Å². The summed E-state index contributed by atoms with van der Waals surface area (Å²) in [6, 6.07) is 5.20. The maximum Gasteiger partial charge on any atom is 0.266 e. The Morgan fingerprint density at radius 1 is 1.46 bits per heavy atom. The number of nitrogens with zero attached hydrogens (tertiary/aromatic N) is 2. The monoisotopic (exact) mass is 340 g/mol. The number of amides is 1. The third-order valence-corrected chi connectivity index (χ3v) is 4.48. The summed E-state index contributed by atoms with van der Waals surface area (Å²) >= 11 is 4.97. The van der Waals surface area contributed by atoms with E-state index in [0.29, 0.717) is 16.0 Å². The van der Waals surface area contributed by atoms with Crippen molar-refractivity contribution in [3.05, 3.63) is 51.9 Å². The highest BCUT2D eigenvalue weighted by Gasteiger charge is 2.24. The van der Waals surface area contributed by atoms with Gasteiger partial charge < -0.3 is 14.7 Å². The lowest BCUT2D eigenvalue weighted by atomic mass is 9.92. The number of carbonyl (C=O) groups excluding carboxylic acids is 1. The number of hydrogen-bond donors (Lipinski definition) is 2. The molecule has 2 aromatic heterocycles. The largest absolute Gasteiger partial charge is 0.429 e. The number of rotatable bonds is 2. The number of nitrogens with one attached hydrogen (secondary N) is 2. The van der Waals surface area contributed by atoms with Crippen molar-refractivity contribution in [2.75, 3.05) is 0 Å². The van der Waals surface area contributed by atoms with Gasteiger partial charge in [0, 0.05) is 23.0 Å². The molecule has 1 amide bonds. The molecule has 1 atom stereocenters. The van der Waals surface area contributed by atoms with Crippen LogP contribution in [0, 0.1) is 11.8 Å². The minimum Gasteiger partial charge on any atom is -0.429 e. The second-order valence-electron chi connectivity index (χ2n) is 5.96. The minimum atomic E-state index is -0.141. The second-order valence-corrected chi connectivity index (χ2v) is 6.33. The molecule has 1 aromatic carbocycles. The van der Waals surface area contributed by atoms with Crippen molar-refractivity contribution in [1.82, 2.24) is 20.3 Å². The first-order valence-corrected chi connectivity index (χ1v) is 8.27. The Kier molecular flexibility index (Phi) is 3.65. The van der Waals surface area contributed by atoms with Crippen LogP contribution in [-0.4, -0.2) is 20.9 Å². The van der Waals surface area contributed by atoms with Gasteiger partial charge in [-0.1, -0.05) is 0 Å².